The summed E-state index contributed by atoms with van der Waals surface area (Å²) < 4.78 is 22.6. The Morgan fingerprint density at radius 2 is 1.90 bits per heavy atom. The van der Waals surface area contributed by atoms with Crippen LogP contribution in [0.15, 0.2) is 59.2 Å². The molecule has 5 N–H and O–H groups in total. The molecule has 214 valence electrons. The number of nitrogens with zero attached hydrogens (tertiary/aromatic N) is 2. The van der Waals surface area contributed by atoms with Crippen molar-refractivity contribution in [2.45, 2.75) is 31.7 Å². The number of nitrogens with one attached hydrogen (secondary N) is 3. The Morgan fingerprint density at radius 3 is 2.59 bits per heavy atom. The molecule has 3 amide bonds. The summed E-state index contributed by atoms with van der Waals surface area (Å²) in [4.78, 5) is 44.6. The molecule has 2 aliphatic heterocycles. The van der Waals surface area contributed by atoms with Gasteiger partial charge in [0.15, 0.2) is 5.79 Å². The number of hydrogen-bond acceptors (Lipinski definition) is 9. The van der Waals surface area contributed by atoms with Crippen molar-refractivity contribution in [1.29, 1.82) is 5.41 Å². The molecule has 2 aromatic carbocycles. The van der Waals surface area contributed by atoms with Gasteiger partial charge >= 0.3 is 0 Å². The van der Waals surface area contributed by atoms with Gasteiger partial charge in [-0.05, 0) is 42.8 Å². The second kappa shape index (κ2) is 11.8. The predicted octanol–water partition coefficient (Wildman–Crippen LogP) is 1.45. The van der Waals surface area contributed by atoms with Crippen LogP contribution in [0.1, 0.15) is 33.9 Å². The number of para-hydroxylation sites is 1. The zero-order valence-electron chi connectivity index (χ0n) is 22.3. The summed E-state index contributed by atoms with van der Waals surface area (Å²) in [7, 11) is 0. The normalized spacial score (nSPS) is 17.4. The number of rotatable bonds is 9. The molecule has 2 fully saturated rings. The van der Waals surface area contributed by atoms with Crippen LogP contribution in [-0.4, -0.2) is 71.6 Å². The minimum atomic E-state index is -1.09. The number of carbonyl (C=O) groups is 3. The van der Waals surface area contributed by atoms with E-state index in [-0.39, 0.29) is 43.5 Å². The molecule has 0 aliphatic carbocycles. The summed E-state index contributed by atoms with van der Waals surface area (Å²) in [6.07, 6.45) is 1.35. The average molecular weight is 563 g/mol. The molecule has 1 atom stereocenters. The van der Waals surface area contributed by atoms with Crippen molar-refractivity contribution in [3.63, 3.8) is 0 Å². The van der Waals surface area contributed by atoms with Crippen LogP contribution >= 0.6 is 0 Å². The molecule has 1 aromatic heterocycles. The molecule has 1 spiro atoms. The number of nitrogens with two attached hydrogens (primary N) is 1. The van der Waals surface area contributed by atoms with Crippen molar-refractivity contribution in [2.75, 3.05) is 26.3 Å². The van der Waals surface area contributed by atoms with Crippen LogP contribution in [0.4, 0.5) is 0 Å². The maximum atomic E-state index is 13.2. The summed E-state index contributed by atoms with van der Waals surface area (Å²) in [5.74, 6) is -1.27. The molecule has 1 unspecified atom stereocenters. The largest absolute Gasteiger partial charge is 0.457 e. The maximum Gasteiger partial charge on any atom is 0.251 e. The van der Waals surface area contributed by atoms with Crippen molar-refractivity contribution in [3.05, 3.63) is 77.5 Å². The molecule has 3 aromatic rings. The number of oxazole rings is 1. The van der Waals surface area contributed by atoms with Crippen molar-refractivity contribution >= 4 is 23.6 Å². The first kappa shape index (κ1) is 27.8. The molecule has 0 bridgehead atoms. The third kappa shape index (κ3) is 6.36. The van der Waals surface area contributed by atoms with Gasteiger partial charge in [0.25, 0.3) is 5.91 Å². The Morgan fingerprint density at radius 1 is 1.15 bits per heavy atom. The minimum Gasteiger partial charge on any atom is -0.457 e. The fraction of sp³-hybridized carbons (Fsp3) is 0.321. The number of aromatic nitrogens is 1. The van der Waals surface area contributed by atoms with E-state index >= 15 is 0 Å². The lowest BCUT2D eigenvalue weighted by Gasteiger charge is -2.24. The molecule has 0 saturated carbocycles. The molecule has 13 heteroatoms. The van der Waals surface area contributed by atoms with E-state index in [1.54, 1.807) is 18.2 Å². The lowest BCUT2D eigenvalue weighted by atomic mass is 10.1. The first-order valence-electron chi connectivity index (χ1n) is 13.0. The highest BCUT2D eigenvalue weighted by atomic mass is 16.7. The van der Waals surface area contributed by atoms with Gasteiger partial charge in [-0.1, -0.05) is 18.2 Å². The van der Waals surface area contributed by atoms with Crippen LogP contribution in [0, 0.1) is 12.3 Å². The standard InChI is InChI=1S/C28H30N6O7/c1-17-11-18(7-8-22(17)41-19-5-3-2-4-6-19)26(36)32-14-24(35)34-16-28(39-9-10-40-28)12-21(34)27(37)31-13-23-33-20(15-38-23)25(29)30/h2-8,11,15,21H,9-10,12-14,16H2,1H3,(H3,29,30)(H,31,37)(H,32,36). The number of likely N-dealkylation sites (tertiary alicyclic amines) is 1. The smallest absolute Gasteiger partial charge is 0.251 e. The lowest BCUT2D eigenvalue weighted by Crippen LogP contribution is -2.49. The zero-order chi connectivity index (χ0) is 29.0. The van der Waals surface area contributed by atoms with Gasteiger partial charge in [0.1, 0.15) is 35.3 Å². The average Bonchev–Trinajstić information content (AvgIpc) is 3.72. The molecule has 13 nitrogen and oxygen atoms in total. The summed E-state index contributed by atoms with van der Waals surface area (Å²) in [6.45, 7) is 2.16. The molecular weight excluding hydrogens is 532 g/mol. The van der Waals surface area contributed by atoms with Crippen LogP contribution in [0.3, 0.4) is 0 Å². The Kier molecular flexibility index (Phi) is 7.99. The van der Waals surface area contributed by atoms with Gasteiger partial charge in [-0.15, -0.1) is 0 Å². The highest BCUT2D eigenvalue weighted by Crippen LogP contribution is 2.35. The third-order valence-corrected chi connectivity index (χ3v) is 6.78. The molecular formula is C28H30N6O7. The monoisotopic (exact) mass is 562 g/mol. The number of hydrogen-bond donors (Lipinski definition) is 4. The highest BCUT2D eigenvalue weighted by Gasteiger charge is 2.52. The van der Waals surface area contributed by atoms with Crippen molar-refractivity contribution < 1.29 is 33.0 Å². The van der Waals surface area contributed by atoms with Gasteiger partial charge in [0.2, 0.25) is 17.7 Å². The van der Waals surface area contributed by atoms with Crippen molar-refractivity contribution in [2.24, 2.45) is 5.73 Å². The summed E-state index contributed by atoms with van der Waals surface area (Å²) in [6, 6.07) is 13.4. The van der Waals surface area contributed by atoms with Gasteiger partial charge in [-0.2, -0.15) is 0 Å². The topological polar surface area (TPSA) is 182 Å². The Labute approximate surface area is 235 Å². The van der Waals surface area contributed by atoms with Gasteiger partial charge in [0, 0.05) is 12.0 Å². The summed E-state index contributed by atoms with van der Waals surface area (Å²) >= 11 is 0. The number of nitrogen functional groups attached to an aromatic ring is 1. The first-order chi connectivity index (χ1) is 19.7. The van der Waals surface area contributed by atoms with Crippen LogP contribution in [-0.2, 0) is 25.6 Å². The Bertz CT molecular complexity index is 1450. The maximum absolute atomic E-state index is 13.2. The van der Waals surface area contributed by atoms with Crippen molar-refractivity contribution in [1.82, 2.24) is 20.5 Å². The first-order valence-corrected chi connectivity index (χ1v) is 13.0. The quantitative estimate of drug-likeness (QED) is 0.222. The molecule has 0 radical (unpaired) electrons. The van der Waals surface area contributed by atoms with E-state index in [9.17, 15) is 14.4 Å². The van der Waals surface area contributed by atoms with Gasteiger partial charge in [-0.3, -0.25) is 19.8 Å². The Hall–Kier alpha value is -4.75. The van der Waals surface area contributed by atoms with E-state index in [4.69, 9.17) is 29.8 Å². The fourth-order valence-corrected chi connectivity index (χ4v) is 4.72. The van der Waals surface area contributed by atoms with E-state index in [1.165, 1.54) is 11.2 Å². The molecule has 2 saturated heterocycles. The van der Waals surface area contributed by atoms with Crippen molar-refractivity contribution in [3.8, 4) is 11.5 Å². The van der Waals surface area contributed by atoms with Crippen LogP contribution in [0.2, 0.25) is 0 Å². The number of amidine groups is 1. The van der Waals surface area contributed by atoms with E-state index in [1.807, 2.05) is 37.3 Å². The number of benzene rings is 2. The lowest BCUT2D eigenvalue weighted by molar-refractivity contribution is -0.152. The summed E-state index contributed by atoms with van der Waals surface area (Å²) in [5.41, 5.74) is 6.67. The van der Waals surface area contributed by atoms with E-state index in [2.05, 4.69) is 15.6 Å². The molecule has 41 heavy (non-hydrogen) atoms. The van der Waals surface area contributed by atoms with E-state index < -0.39 is 29.6 Å². The highest BCUT2D eigenvalue weighted by molar-refractivity contribution is 5.97. The minimum absolute atomic E-state index is 0.0396. The Balaban J connectivity index is 1.20. The van der Waals surface area contributed by atoms with E-state index in [0.29, 0.717) is 30.3 Å². The number of amides is 3. The molecule has 5 rings (SSSR count). The van der Waals surface area contributed by atoms with E-state index in [0.717, 1.165) is 5.56 Å². The molecule has 2 aliphatic rings. The van der Waals surface area contributed by atoms with Crippen LogP contribution < -0.4 is 21.1 Å². The second-order valence-electron chi connectivity index (χ2n) is 9.69. The third-order valence-electron chi connectivity index (χ3n) is 6.78. The number of ether oxygens (including phenoxy) is 3. The fourth-order valence-electron chi connectivity index (χ4n) is 4.72. The van der Waals surface area contributed by atoms with Gasteiger partial charge in [-0.25, -0.2) is 4.98 Å². The van der Waals surface area contributed by atoms with Gasteiger partial charge < -0.3 is 39.9 Å². The number of aryl methyl sites for hydroxylation is 1. The second-order valence-corrected chi connectivity index (χ2v) is 9.69. The zero-order valence-corrected chi connectivity index (χ0v) is 22.3. The predicted molar refractivity (Wildman–Crippen MR) is 144 cm³/mol. The van der Waals surface area contributed by atoms with Gasteiger partial charge in [0.05, 0.1) is 32.8 Å². The number of carbonyl (C=O) groups excluding carboxylic acids is 3. The summed E-state index contributed by atoms with van der Waals surface area (Å²) in [5, 5.41) is 12.7. The molecule has 3 heterocycles. The van der Waals surface area contributed by atoms with Crippen LogP contribution in [0.25, 0.3) is 0 Å². The SMILES string of the molecule is Cc1cc(C(=O)NCC(=O)N2CC3(CC2C(=O)NCc2nc(C(=N)N)co2)OCCO3)ccc1Oc1ccccc1. The van der Waals surface area contributed by atoms with Crippen LogP contribution in [0.5, 0.6) is 11.5 Å².